The number of methoxy groups -OCH3 is 1. The predicted molar refractivity (Wildman–Crippen MR) is 77.6 cm³/mol. The molecule has 0 atom stereocenters. The second kappa shape index (κ2) is 5.14. The van der Waals surface area contributed by atoms with E-state index in [-0.39, 0.29) is 11.2 Å². The van der Waals surface area contributed by atoms with Crippen molar-refractivity contribution in [3.63, 3.8) is 0 Å². The molecule has 0 saturated carbocycles. The Morgan fingerprint density at radius 1 is 1.37 bits per heavy atom. The third-order valence-electron chi connectivity index (χ3n) is 3.59. The van der Waals surface area contributed by atoms with Gasteiger partial charge in [0.05, 0.1) is 5.60 Å². The smallest absolute Gasteiger partial charge is 0.127 e. The van der Waals surface area contributed by atoms with Crippen LogP contribution < -0.4 is 10.1 Å². The van der Waals surface area contributed by atoms with Gasteiger partial charge in [-0.05, 0) is 33.3 Å². The van der Waals surface area contributed by atoms with Gasteiger partial charge in [0.15, 0.2) is 0 Å². The van der Waals surface area contributed by atoms with Crippen molar-refractivity contribution in [3.05, 3.63) is 29.3 Å². The molecule has 1 aliphatic heterocycles. The van der Waals surface area contributed by atoms with E-state index in [0.29, 0.717) is 0 Å². The van der Waals surface area contributed by atoms with Gasteiger partial charge in [0.25, 0.3) is 0 Å². The standard InChI is InChI=1S/C16H25NO2/c1-15(2)9-12-7-6-8-13(14(12)19-15)10-17-11-16(3,4)18-5/h6-8,17H,9-11H2,1-5H3. The molecule has 0 radical (unpaired) electrons. The van der Waals surface area contributed by atoms with Crippen molar-refractivity contribution < 1.29 is 9.47 Å². The maximum Gasteiger partial charge on any atom is 0.127 e. The number of rotatable bonds is 5. The molecule has 1 N–H and O–H groups in total. The van der Waals surface area contributed by atoms with Crippen LogP contribution >= 0.6 is 0 Å². The SMILES string of the molecule is COC(C)(C)CNCc1cccc2c1OC(C)(C)C2. The van der Waals surface area contributed by atoms with Crippen LogP contribution in [0, 0.1) is 0 Å². The first-order valence-electron chi connectivity index (χ1n) is 6.89. The quantitative estimate of drug-likeness (QED) is 0.886. The number of hydrogen-bond acceptors (Lipinski definition) is 3. The molecule has 1 aromatic rings. The monoisotopic (exact) mass is 263 g/mol. The summed E-state index contributed by atoms with van der Waals surface area (Å²) in [7, 11) is 1.74. The van der Waals surface area contributed by atoms with Gasteiger partial charge < -0.3 is 14.8 Å². The Labute approximate surface area is 116 Å². The molecule has 0 aliphatic carbocycles. The average Bonchev–Trinajstić information content (AvgIpc) is 2.64. The lowest BCUT2D eigenvalue weighted by Gasteiger charge is -2.23. The predicted octanol–water partition coefficient (Wildman–Crippen LogP) is 2.91. The molecule has 106 valence electrons. The topological polar surface area (TPSA) is 30.5 Å². The number of ether oxygens (including phenoxy) is 2. The molecule has 0 spiro atoms. The van der Waals surface area contributed by atoms with Gasteiger partial charge >= 0.3 is 0 Å². The van der Waals surface area contributed by atoms with E-state index in [1.54, 1.807) is 7.11 Å². The summed E-state index contributed by atoms with van der Waals surface area (Å²) in [6, 6.07) is 6.40. The highest BCUT2D eigenvalue weighted by atomic mass is 16.5. The minimum Gasteiger partial charge on any atom is -0.487 e. The second-order valence-electron chi connectivity index (χ2n) is 6.51. The van der Waals surface area contributed by atoms with E-state index in [1.165, 1.54) is 11.1 Å². The molecule has 1 heterocycles. The Kier molecular flexibility index (Phi) is 3.88. The lowest BCUT2D eigenvalue weighted by Crippen LogP contribution is -2.36. The van der Waals surface area contributed by atoms with Crippen LogP contribution in [0.25, 0.3) is 0 Å². The zero-order valence-electron chi connectivity index (χ0n) is 12.7. The van der Waals surface area contributed by atoms with E-state index in [4.69, 9.17) is 9.47 Å². The van der Waals surface area contributed by atoms with Gasteiger partial charge in [0, 0.05) is 32.2 Å². The minimum atomic E-state index is -0.141. The van der Waals surface area contributed by atoms with Gasteiger partial charge in [-0.25, -0.2) is 0 Å². The Bertz CT molecular complexity index is 452. The van der Waals surface area contributed by atoms with Crippen molar-refractivity contribution in [3.8, 4) is 5.75 Å². The van der Waals surface area contributed by atoms with Crippen molar-refractivity contribution in [1.82, 2.24) is 5.32 Å². The fraction of sp³-hybridized carbons (Fsp3) is 0.625. The van der Waals surface area contributed by atoms with Crippen molar-refractivity contribution in [1.29, 1.82) is 0 Å². The van der Waals surface area contributed by atoms with Gasteiger partial charge in [0.2, 0.25) is 0 Å². The number of fused-ring (bicyclic) bond motifs is 1. The van der Waals surface area contributed by atoms with E-state index in [9.17, 15) is 0 Å². The summed E-state index contributed by atoms with van der Waals surface area (Å²) in [4.78, 5) is 0. The summed E-state index contributed by atoms with van der Waals surface area (Å²) >= 11 is 0. The summed E-state index contributed by atoms with van der Waals surface area (Å²) in [5.41, 5.74) is 2.33. The molecular weight excluding hydrogens is 238 g/mol. The molecule has 0 amide bonds. The second-order valence-corrected chi connectivity index (χ2v) is 6.51. The van der Waals surface area contributed by atoms with E-state index >= 15 is 0 Å². The fourth-order valence-electron chi connectivity index (χ4n) is 2.39. The Morgan fingerprint density at radius 2 is 2.11 bits per heavy atom. The first-order valence-corrected chi connectivity index (χ1v) is 6.89. The largest absolute Gasteiger partial charge is 0.487 e. The van der Waals surface area contributed by atoms with Crippen LogP contribution in [-0.2, 0) is 17.7 Å². The number of benzene rings is 1. The third-order valence-corrected chi connectivity index (χ3v) is 3.59. The van der Waals surface area contributed by atoms with E-state index in [1.807, 2.05) is 0 Å². The lowest BCUT2D eigenvalue weighted by molar-refractivity contribution is 0.0230. The van der Waals surface area contributed by atoms with E-state index in [2.05, 4.69) is 51.2 Å². The molecule has 0 bridgehead atoms. The minimum absolute atomic E-state index is 0.0791. The average molecular weight is 263 g/mol. The Hall–Kier alpha value is -1.06. The van der Waals surface area contributed by atoms with Crippen LogP contribution in [0.5, 0.6) is 5.75 Å². The normalized spacial score (nSPS) is 17.1. The zero-order chi connectivity index (χ0) is 14.1. The molecular formula is C16H25NO2. The van der Waals surface area contributed by atoms with Crippen molar-refractivity contribution >= 4 is 0 Å². The third kappa shape index (κ3) is 3.48. The lowest BCUT2D eigenvalue weighted by atomic mass is 10.0. The van der Waals surface area contributed by atoms with E-state index in [0.717, 1.165) is 25.3 Å². The van der Waals surface area contributed by atoms with Crippen LogP contribution in [0.3, 0.4) is 0 Å². The molecule has 0 fully saturated rings. The maximum atomic E-state index is 6.06. The van der Waals surface area contributed by atoms with Crippen molar-refractivity contribution in [2.24, 2.45) is 0 Å². The van der Waals surface area contributed by atoms with Crippen molar-refractivity contribution in [2.75, 3.05) is 13.7 Å². The summed E-state index contributed by atoms with van der Waals surface area (Å²) in [6.45, 7) is 10.1. The van der Waals surface area contributed by atoms with Gasteiger partial charge in [-0.15, -0.1) is 0 Å². The van der Waals surface area contributed by atoms with Crippen LogP contribution in [0.2, 0.25) is 0 Å². The van der Waals surface area contributed by atoms with Crippen LogP contribution in [0.4, 0.5) is 0 Å². The maximum absolute atomic E-state index is 6.06. The van der Waals surface area contributed by atoms with Gasteiger partial charge in [0.1, 0.15) is 11.4 Å². The van der Waals surface area contributed by atoms with Gasteiger partial charge in [-0.2, -0.15) is 0 Å². The summed E-state index contributed by atoms with van der Waals surface area (Å²) in [5.74, 6) is 1.07. The van der Waals surface area contributed by atoms with Crippen LogP contribution in [0.1, 0.15) is 38.8 Å². The Morgan fingerprint density at radius 3 is 2.79 bits per heavy atom. The molecule has 1 aromatic carbocycles. The van der Waals surface area contributed by atoms with Crippen LogP contribution in [-0.4, -0.2) is 24.9 Å². The molecule has 1 aliphatic rings. The molecule has 0 unspecified atom stereocenters. The Balaban J connectivity index is 2.02. The van der Waals surface area contributed by atoms with E-state index < -0.39 is 0 Å². The van der Waals surface area contributed by atoms with Gasteiger partial charge in [-0.1, -0.05) is 18.2 Å². The molecule has 2 rings (SSSR count). The van der Waals surface area contributed by atoms with Crippen molar-refractivity contribution in [2.45, 2.75) is 51.9 Å². The summed E-state index contributed by atoms with van der Waals surface area (Å²) in [5, 5.41) is 3.44. The highest BCUT2D eigenvalue weighted by molar-refractivity contribution is 5.45. The first-order chi connectivity index (χ1) is 8.83. The number of nitrogens with one attached hydrogen (secondary N) is 1. The highest BCUT2D eigenvalue weighted by Crippen LogP contribution is 2.37. The number of hydrogen-bond donors (Lipinski definition) is 1. The highest BCUT2D eigenvalue weighted by Gasteiger charge is 2.31. The molecule has 3 heteroatoms. The fourth-order valence-corrected chi connectivity index (χ4v) is 2.39. The number of para-hydroxylation sites is 1. The summed E-state index contributed by atoms with van der Waals surface area (Å²) in [6.07, 6.45) is 0.986. The van der Waals surface area contributed by atoms with Crippen LogP contribution in [0.15, 0.2) is 18.2 Å². The molecule has 3 nitrogen and oxygen atoms in total. The first kappa shape index (κ1) is 14.4. The summed E-state index contributed by atoms with van der Waals surface area (Å²) < 4.78 is 11.5. The molecule has 0 aromatic heterocycles. The van der Waals surface area contributed by atoms with Gasteiger partial charge in [-0.3, -0.25) is 0 Å². The molecule has 19 heavy (non-hydrogen) atoms. The zero-order valence-corrected chi connectivity index (χ0v) is 12.7. The molecule has 0 saturated heterocycles.